The Morgan fingerprint density at radius 2 is 0.769 bits per heavy atom. The minimum atomic E-state index is -4.06. The van der Waals surface area contributed by atoms with Gasteiger partial charge in [-0.15, -0.1) is 9.97 Å². The molecule has 0 aliphatic rings. The molecule has 2 heterocycles. The van der Waals surface area contributed by atoms with Gasteiger partial charge < -0.3 is 23.5 Å². The van der Waals surface area contributed by atoms with Crippen LogP contribution in [0.5, 0.6) is 47.0 Å². The summed E-state index contributed by atoms with van der Waals surface area (Å²) in [5.74, 6) is -1.89. The summed E-state index contributed by atoms with van der Waals surface area (Å²) in [4.78, 5) is 25.4. The van der Waals surface area contributed by atoms with Crippen molar-refractivity contribution in [1.29, 1.82) is 0 Å². The average Bonchev–Trinajstić information content (AvgIpc) is 0.785. The van der Waals surface area contributed by atoms with Crippen LogP contribution in [0.1, 0.15) is 40.8 Å². The molecular formula is C73H61ClF4N6O5P2. The van der Waals surface area contributed by atoms with Gasteiger partial charge in [0, 0.05) is 16.7 Å². The first-order valence-corrected chi connectivity index (χ1v) is 32.2. The van der Waals surface area contributed by atoms with Crippen LogP contribution in [0.2, 0.25) is 0 Å². The summed E-state index contributed by atoms with van der Waals surface area (Å²) >= 11 is 6.71. The van der Waals surface area contributed by atoms with Gasteiger partial charge in [-0.2, -0.15) is 19.9 Å². The third kappa shape index (κ3) is 16.5. The summed E-state index contributed by atoms with van der Waals surface area (Å²) in [5, 5.41) is 2.56. The van der Waals surface area contributed by atoms with Crippen molar-refractivity contribution >= 4 is 52.2 Å². The van der Waals surface area contributed by atoms with Crippen molar-refractivity contribution in [3.63, 3.8) is 0 Å². The van der Waals surface area contributed by atoms with Crippen LogP contribution in [-0.2, 0) is 4.57 Å². The maximum Gasteiger partial charge on any atom is 0.328 e. The molecule has 11 nitrogen and oxygen atoms in total. The lowest BCUT2D eigenvalue weighted by atomic mass is 10.2. The highest BCUT2D eigenvalue weighted by Gasteiger charge is 2.37. The van der Waals surface area contributed by atoms with Crippen molar-refractivity contribution in [1.82, 2.24) is 29.9 Å². The summed E-state index contributed by atoms with van der Waals surface area (Å²) in [6.07, 6.45) is 0. The summed E-state index contributed by atoms with van der Waals surface area (Å²) in [5.41, 5.74) is 6.68. The molecule has 12 aromatic rings. The highest BCUT2D eigenvalue weighted by Crippen LogP contribution is 2.46. The van der Waals surface area contributed by atoms with Crippen molar-refractivity contribution in [2.45, 2.75) is 49.0 Å². The minimum Gasteiger partial charge on any atom is -0.424 e. The van der Waals surface area contributed by atoms with Gasteiger partial charge in [0.15, 0.2) is 18.8 Å². The number of hydrogen-bond donors (Lipinski definition) is 0. The maximum absolute atomic E-state index is 16.8. The second kappa shape index (κ2) is 30.1. The van der Waals surface area contributed by atoms with Crippen LogP contribution >= 0.6 is 25.7 Å². The van der Waals surface area contributed by atoms with Crippen LogP contribution in [0, 0.1) is 64.8 Å². The number of halogens is 5. The molecular weight excluding hydrogens is 1210 g/mol. The predicted octanol–water partition coefficient (Wildman–Crippen LogP) is 18.2. The third-order valence-electron chi connectivity index (χ3n) is 13.7. The van der Waals surface area contributed by atoms with Gasteiger partial charge in [0.25, 0.3) is 0 Å². The molecule has 91 heavy (non-hydrogen) atoms. The van der Waals surface area contributed by atoms with Crippen LogP contribution in [0.15, 0.2) is 237 Å². The van der Waals surface area contributed by atoms with Gasteiger partial charge in [-0.3, -0.25) is 0 Å². The molecule has 458 valence electrons. The van der Waals surface area contributed by atoms with Gasteiger partial charge in [0.2, 0.25) is 0 Å². The molecule has 2 aromatic heterocycles. The molecule has 0 aliphatic heterocycles. The van der Waals surface area contributed by atoms with E-state index in [9.17, 15) is 8.78 Å². The van der Waals surface area contributed by atoms with E-state index >= 15 is 13.3 Å². The molecule has 1 atom stereocenters. The number of para-hydroxylation sites is 4. The summed E-state index contributed by atoms with van der Waals surface area (Å²) < 4.78 is 98.2. The molecule has 18 heteroatoms. The minimum absolute atomic E-state index is 0. The third-order valence-corrected chi connectivity index (χ3v) is 19.7. The van der Waals surface area contributed by atoms with Crippen molar-refractivity contribution < 1.29 is 41.1 Å². The molecule has 1 unspecified atom stereocenters. The molecule has 0 N–H and O–H groups in total. The van der Waals surface area contributed by atoms with E-state index in [2.05, 4.69) is 94.0 Å². The van der Waals surface area contributed by atoms with E-state index in [4.69, 9.17) is 30.2 Å². The number of aromatic nitrogens is 6. The summed E-state index contributed by atoms with van der Waals surface area (Å²) in [6.45, 7) is 12.2. The average molecular weight is 1280 g/mol. The van der Waals surface area contributed by atoms with Crippen LogP contribution in [0.25, 0.3) is 22.8 Å². The van der Waals surface area contributed by atoms with Gasteiger partial charge in [0.05, 0.1) is 23.7 Å². The zero-order valence-corrected chi connectivity index (χ0v) is 52.1. The Labute approximate surface area is 532 Å². The predicted molar refractivity (Wildman–Crippen MR) is 356 cm³/mol. The second-order valence-corrected chi connectivity index (χ2v) is 25.9. The summed E-state index contributed by atoms with van der Waals surface area (Å²) in [6, 6.07) is 66.9. The first-order valence-electron chi connectivity index (χ1n) is 28.2. The van der Waals surface area contributed by atoms with E-state index < -0.39 is 43.0 Å². The van der Waals surface area contributed by atoms with Crippen molar-refractivity contribution in [2.24, 2.45) is 0 Å². The smallest absolute Gasteiger partial charge is 0.328 e. The lowest BCUT2D eigenvalue weighted by molar-refractivity contribution is 0.397. The zero-order chi connectivity index (χ0) is 63.3. The van der Waals surface area contributed by atoms with Gasteiger partial charge in [-0.25, -0.2) is 17.6 Å². The molecule has 0 radical (unpaired) electrons. The molecule has 12 rings (SSSR count). The van der Waals surface area contributed by atoms with Crippen LogP contribution < -0.4 is 45.5 Å². The monoisotopic (exact) mass is 1270 g/mol. The fourth-order valence-electron chi connectivity index (χ4n) is 9.32. The first-order chi connectivity index (χ1) is 43.5. The topological polar surface area (TPSA) is 131 Å². The van der Waals surface area contributed by atoms with Crippen molar-refractivity contribution in [3.8, 4) is 69.8 Å². The molecule has 0 bridgehead atoms. The SMILES string of the molecule is C.Cc1ccc(P(=O)(c2cccc(C)c2)c2c(F)ccc(-c3nc(Oc4ccccc4)nc(Oc4ccccc4)n3)c2F)cc1.Cc1ccc(P(Cl)c2ccc(C)cc2C)c(C)c1.Fc1ccc(-c2nc(Oc3ccccc3)nc(Oc3ccccc3)n2)c(F)c1. The van der Waals surface area contributed by atoms with Gasteiger partial charge in [-0.05, 0) is 142 Å². The molecule has 0 amide bonds. The number of rotatable bonds is 15. The van der Waals surface area contributed by atoms with E-state index in [1.807, 2.05) is 44.2 Å². The summed E-state index contributed by atoms with van der Waals surface area (Å²) in [7, 11) is -4.83. The fraction of sp³-hybridized carbons (Fsp3) is 0.0959. The Kier molecular flexibility index (Phi) is 21.7. The highest BCUT2D eigenvalue weighted by molar-refractivity contribution is 7.95. The van der Waals surface area contributed by atoms with Crippen molar-refractivity contribution in [3.05, 3.63) is 293 Å². The first kappa shape index (κ1) is 65.5. The van der Waals surface area contributed by atoms with Crippen molar-refractivity contribution in [2.75, 3.05) is 0 Å². The molecule has 0 aliphatic carbocycles. The molecule has 0 saturated heterocycles. The Morgan fingerprint density at radius 3 is 1.18 bits per heavy atom. The number of aryl methyl sites for hydroxylation is 6. The quantitative estimate of drug-likeness (QED) is 0.0718. The number of nitrogens with zero attached hydrogens (tertiary/aromatic N) is 6. The largest absolute Gasteiger partial charge is 0.424 e. The number of benzene rings is 10. The standard InChI is InChI=1S/C35H26F2N3O3P.C21H13F2N3O2.C16H18ClP.CH4/c1-23-16-18-27(19-17-23)44(41,28-15-9-10-24(2)22-28)32-30(36)21-20-29(31(32)37)33-38-34(42-25-11-5-3-6-12-25)40-35(39-33)43-26-13-7-4-8-14-26;22-14-11-12-17(18(23)13-14)19-24-20(27-15-7-3-1-4-8-15)26-21(25-19)28-16-9-5-2-6-10-16;1-11-5-7-15(13(3)9-11)18(17)16-8-6-12(2)10-14(16)4;/h3-22H,1-2H3;1-13H;5-10H,1-4H3;1H4. The van der Waals surface area contributed by atoms with Gasteiger partial charge in [-0.1, -0.05) is 193 Å². The maximum atomic E-state index is 16.8. The van der Waals surface area contributed by atoms with E-state index in [-0.39, 0.29) is 54.2 Å². The van der Waals surface area contributed by atoms with Crippen LogP contribution in [0.3, 0.4) is 0 Å². The Bertz CT molecular complexity index is 4340. The Balaban J connectivity index is 0.000000178. The van der Waals surface area contributed by atoms with E-state index in [1.54, 1.807) is 140 Å². The van der Waals surface area contributed by atoms with Gasteiger partial charge in [0.1, 0.15) is 46.3 Å². The number of hydrogen-bond acceptors (Lipinski definition) is 11. The fourth-order valence-corrected chi connectivity index (χ4v) is 14.7. The lowest BCUT2D eigenvalue weighted by Crippen LogP contribution is -2.30. The number of ether oxygens (including phenoxy) is 4. The van der Waals surface area contributed by atoms with E-state index in [1.165, 1.54) is 45.0 Å². The molecule has 10 aromatic carbocycles. The molecule has 0 saturated carbocycles. The lowest BCUT2D eigenvalue weighted by Gasteiger charge is -2.22. The van der Waals surface area contributed by atoms with Crippen LogP contribution in [-0.4, -0.2) is 29.9 Å². The van der Waals surface area contributed by atoms with Crippen LogP contribution in [0.4, 0.5) is 17.6 Å². The Hall–Kier alpha value is -9.91. The molecule has 0 spiro atoms. The van der Waals surface area contributed by atoms with E-state index in [0.717, 1.165) is 29.3 Å². The second-order valence-electron chi connectivity index (χ2n) is 20.6. The normalized spacial score (nSPS) is 11.4. The Morgan fingerprint density at radius 1 is 0.374 bits per heavy atom. The highest BCUT2D eigenvalue weighted by atomic mass is 35.7. The van der Waals surface area contributed by atoms with E-state index in [0.29, 0.717) is 33.6 Å². The zero-order valence-electron chi connectivity index (χ0n) is 49.5. The van der Waals surface area contributed by atoms with Gasteiger partial charge >= 0.3 is 24.0 Å². The molecule has 0 fully saturated rings.